The monoisotopic (exact) mass is 272 g/mol. The third-order valence-corrected chi connectivity index (χ3v) is 2.36. The van der Waals surface area contributed by atoms with Gasteiger partial charge in [-0.3, -0.25) is 10.2 Å². The van der Waals surface area contributed by atoms with Crippen molar-refractivity contribution in [2.24, 2.45) is 5.16 Å². The Kier molecular flexibility index (Phi) is 4.18. The minimum Gasteiger partial charge on any atom is -0.508 e. The number of nitrogens with one attached hydrogen (secondary N) is 1. The van der Waals surface area contributed by atoms with Gasteiger partial charge in [0, 0.05) is 17.3 Å². The lowest BCUT2D eigenvalue weighted by Gasteiger charge is -2.02. The van der Waals surface area contributed by atoms with Gasteiger partial charge >= 0.3 is 6.09 Å². The fourth-order valence-corrected chi connectivity index (χ4v) is 1.43. The van der Waals surface area contributed by atoms with Gasteiger partial charge in [-0.15, -0.1) is 0 Å². The van der Waals surface area contributed by atoms with Crippen LogP contribution in [-0.4, -0.2) is 22.5 Å². The van der Waals surface area contributed by atoms with Crippen molar-refractivity contribution < 1.29 is 19.8 Å². The number of aromatic hydroxyl groups is 2. The molecule has 0 unspecified atom stereocenters. The van der Waals surface area contributed by atoms with Gasteiger partial charge in [0.1, 0.15) is 11.5 Å². The van der Waals surface area contributed by atoms with Crippen LogP contribution in [-0.2, 0) is 4.84 Å². The van der Waals surface area contributed by atoms with E-state index < -0.39 is 6.09 Å². The van der Waals surface area contributed by atoms with E-state index in [4.69, 9.17) is 5.11 Å². The number of phenols is 2. The number of carbonyl (C=O) groups excluding carboxylic acids is 1. The molecule has 2 rings (SSSR count). The summed E-state index contributed by atoms with van der Waals surface area (Å²) in [6, 6.07) is 12.7. The summed E-state index contributed by atoms with van der Waals surface area (Å²) in [7, 11) is 0. The minimum absolute atomic E-state index is 0.0672. The van der Waals surface area contributed by atoms with Gasteiger partial charge in [-0.05, 0) is 24.3 Å². The summed E-state index contributed by atoms with van der Waals surface area (Å²) in [5.74, 6) is -0.233. The molecule has 0 aliphatic rings. The van der Waals surface area contributed by atoms with Gasteiger partial charge < -0.3 is 10.2 Å². The number of para-hydroxylation sites is 1. The van der Waals surface area contributed by atoms with Crippen molar-refractivity contribution in [3.8, 4) is 11.5 Å². The largest absolute Gasteiger partial charge is 0.508 e. The summed E-state index contributed by atoms with van der Waals surface area (Å²) in [4.78, 5) is 16.0. The summed E-state index contributed by atoms with van der Waals surface area (Å²) in [6.07, 6.45) is 0.421. The third-order valence-electron chi connectivity index (χ3n) is 2.36. The van der Waals surface area contributed by atoms with Gasteiger partial charge in [-0.2, -0.15) is 0 Å². The predicted molar refractivity (Wildman–Crippen MR) is 73.9 cm³/mol. The molecule has 0 heterocycles. The molecule has 0 aliphatic carbocycles. The van der Waals surface area contributed by atoms with Gasteiger partial charge in [0.15, 0.2) is 0 Å². The van der Waals surface area contributed by atoms with Crippen LogP contribution in [0.25, 0.3) is 0 Å². The van der Waals surface area contributed by atoms with Gasteiger partial charge in [-0.25, -0.2) is 4.79 Å². The van der Waals surface area contributed by atoms with Crippen LogP contribution in [0.5, 0.6) is 11.5 Å². The second kappa shape index (κ2) is 6.24. The van der Waals surface area contributed by atoms with Crippen LogP contribution in [0.3, 0.4) is 0 Å². The van der Waals surface area contributed by atoms with Crippen LogP contribution in [0.4, 0.5) is 10.5 Å². The standard InChI is InChI=1S/C14H12N2O4/c17-12-7-6-10(13(18)8-12)9-15-20-14(19)16-11-4-2-1-3-5-11/h1-9,17-18H,(H,16,19)/b15-9+. The lowest BCUT2D eigenvalue weighted by molar-refractivity contribution is 0.167. The summed E-state index contributed by atoms with van der Waals surface area (Å²) < 4.78 is 0. The summed E-state index contributed by atoms with van der Waals surface area (Å²) >= 11 is 0. The van der Waals surface area contributed by atoms with Crippen molar-refractivity contribution in [2.75, 3.05) is 5.32 Å². The quantitative estimate of drug-likeness (QED) is 0.455. The van der Waals surface area contributed by atoms with Crippen molar-refractivity contribution in [2.45, 2.75) is 0 Å². The molecule has 102 valence electrons. The molecule has 0 bridgehead atoms. The molecule has 0 atom stereocenters. The Morgan fingerprint density at radius 1 is 1.15 bits per heavy atom. The Hall–Kier alpha value is -3.02. The maximum Gasteiger partial charge on any atom is 0.437 e. The average Bonchev–Trinajstić information content (AvgIpc) is 2.42. The molecule has 2 aromatic carbocycles. The molecule has 0 saturated heterocycles. The van der Waals surface area contributed by atoms with E-state index >= 15 is 0 Å². The number of benzene rings is 2. The Morgan fingerprint density at radius 2 is 1.90 bits per heavy atom. The first-order valence-corrected chi connectivity index (χ1v) is 5.73. The van der Waals surface area contributed by atoms with Crippen LogP contribution in [0.2, 0.25) is 0 Å². The van der Waals surface area contributed by atoms with Crippen molar-refractivity contribution >= 4 is 18.0 Å². The molecule has 0 radical (unpaired) electrons. The number of carbonyl (C=O) groups is 1. The molecule has 0 aromatic heterocycles. The molecular weight excluding hydrogens is 260 g/mol. The maximum absolute atomic E-state index is 11.4. The van der Waals surface area contributed by atoms with E-state index in [9.17, 15) is 9.90 Å². The van der Waals surface area contributed by atoms with Crippen LogP contribution in [0, 0.1) is 0 Å². The molecule has 6 nitrogen and oxygen atoms in total. The number of nitrogens with zero attached hydrogens (tertiary/aromatic N) is 1. The van der Waals surface area contributed by atoms with E-state index in [1.807, 2.05) is 6.07 Å². The van der Waals surface area contributed by atoms with Crippen molar-refractivity contribution in [1.29, 1.82) is 0 Å². The number of phenolic OH excluding ortho intramolecular Hbond substituents is 2. The van der Waals surface area contributed by atoms with Crippen molar-refractivity contribution in [3.05, 3.63) is 54.1 Å². The molecular formula is C14H12N2O4. The van der Waals surface area contributed by atoms with Crippen molar-refractivity contribution in [3.63, 3.8) is 0 Å². The highest BCUT2D eigenvalue weighted by molar-refractivity contribution is 5.86. The van der Waals surface area contributed by atoms with Crippen LogP contribution >= 0.6 is 0 Å². The molecule has 0 aliphatic heterocycles. The summed E-state index contributed by atoms with van der Waals surface area (Å²) in [5.41, 5.74) is 0.899. The van der Waals surface area contributed by atoms with E-state index in [2.05, 4.69) is 15.3 Å². The first-order chi connectivity index (χ1) is 9.65. The maximum atomic E-state index is 11.4. The number of anilines is 1. The Labute approximate surface area is 114 Å². The minimum atomic E-state index is -0.745. The Bertz CT molecular complexity index is 626. The number of hydrogen-bond donors (Lipinski definition) is 3. The molecule has 1 amide bonds. The number of oxime groups is 1. The highest BCUT2D eigenvalue weighted by atomic mass is 16.7. The van der Waals surface area contributed by atoms with E-state index in [0.29, 0.717) is 11.3 Å². The average molecular weight is 272 g/mol. The molecule has 0 spiro atoms. The molecule has 6 heteroatoms. The Balaban J connectivity index is 1.91. The fraction of sp³-hybridized carbons (Fsp3) is 0. The first kappa shape index (κ1) is 13.4. The van der Waals surface area contributed by atoms with Crippen LogP contribution < -0.4 is 5.32 Å². The van der Waals surface area contributed by atoms with Gasteiger partial charge in [0.2, 0.25) is 0 Å². The van der Waals surface area contributed by atoms with E-state index in [1.165, 1.54) is 18.3 Å². The third kappa shape index (κ3) is 3.74. The topological polar surface area (TPSA) is 91.2 Å². The highest BCUT2D eigenvalue weighted by Gasteiger charge is 2.02. The SMILES string of the molecule is O=C(Nc1ccccc1)O/N=C/c1ccc(O)cc1O. The number of rotatable bonds is 3. The van der Waals surface area contributed by atoms with Crippen LogP contribution in [0.1, 0.15) is 5.56 Å². The number of amides is 1. The molecule has 0 saturated carbocycles. The smallest absolute Gasteiger partial charge is 0.437 e. The Morgan fingerprint density at radius 3 is 2.60 bits per heavy atom. The molecule has 2 aromatic rings. The first-order valence-electron chi connectivity index (χ1n) is 5.73. The van der Waals surface area contributed by atoms with Gasteiger partial charge in [0.25, 0.3) is 0 Å². The highest BCUT2D eigenvalue weighted by Crippen LogP contribution is 2.20. The fourth-order valence-electron chi connectivity index (χ4n) is 1.43. The van der Waals surface area contributed by atoms with Gasteiger partial charge in [-0.1, -0.05) is 23.4 Å². The predicted octanol–water partition coefficient (Wildman–Crippen LogP) is 2.68. The lowest BCUT2D eigenvalue weighted by atomic mass is 10.2. The van der Waals surface area contributed by atoms with E-state index in [-0.39, 0.29) is 11.5 Å². The normalized spacial score (nSPS) is 10.4. The zero-order chi connectivity index (χ0) is 14.4. The lowest BCUT2D eigenvalue weighted by Crippen LogP contribution is -2.10. The number of hydrogen-bond acceptors (Lipinski definition) is 5. The van der Waals surface area contributed by atoms with Crippen molar-refractivity contribution in [1.82, 2.24) is 0 Å². The molecule has 3 N–H and O–H groups in total. The second-order valence-corrected chi connectivity index (χ2v) is 3.85. The van der Waals surface area contributed by atoms with Crippen LogP contribution in [0.15, 0.2) is 53.7 Å². The zero-order valence-corrected chi connectivity index (χ0v) is 10.4. The summed E-state index contributed by atoms with van der Waals surface area (Å²) in [6.45, 7) is 0. The zero-order valence-electron chi connectivity index (χ0n) is 10.4. The van der Waals surface area contributed by atoms with Gasteiger partial charge in [0.05, 0.1) is 6.21 Å². The molecule has 20 heavy (non-hydrogen) atoms. The summed E-state index contributed by atoms with van der Waals surface area (Å²) in [5, 5.41) is 24.5. The molecule has 0 fully saturated rings. The van der Waals surface area contributed by atoms with E-state index in [0.717, 1.165) is 6.07 Å². The van der Waals surface area contributed by atoms with E-state index in [1.54, 1.807) is 24.3 Å². The second-order valence-electron chi connectivity index (χ2n) is 3.85.